The van der Waals surface area contributed by atoms with Crippen LogP contribution >= 0.6 is 0 Å². The molecular formula is C12H16F3NO. The summed E-state index contributed by atoms with van der Waals surface area (Å²) in [6, 6.07) is 4.88. The van der Waals surface area contributed by atoms with Gasteiger partial charge in [-0.1, -0.05) is 6.07 Å². The number of hydrogen-bond acceptors (Lipinski definition) is 2. The van der Waals surface area contributed by atoms with Crippen molar-refractivity contribution in [3.8, 4) is 5.75 Å². The number of halogens is 3. The summed E-state index contributed by atoms with van der Waals surface area (Å²) >= 11 is 0. The Morgan fingerprint density at radius 1 is 1.24 bits per heavy atom. The maximum Gasteiger partial charge on any atom is 0.425 e. The molecule has 1 rings (SSSR count). The normalized spacial score (nSPS) is 13.5. The SMILES string of the molecule is Cc1ccc(OC(CCN)C(F)(F)F)cc1C. The third kappa shape index (κ3) is 3.93. The van der Waals surface area contributed by atoms with Crippen molar-refractivity contribution >= 4 is 0 Å². The highest BCUT2D eigenvalue weighted by Gasteiger charge is 2.41. The molecule has 0 saturated heterocycles. The van der Waals surface area contributed by atoms with Crippen LogP contribution in [0.1, 0.15) is 17.5 Å². The molecule has 1 unspecified atom stereocenters. The van der Waals surface area contributed by atoms with E-state index < -0.39 is 12.3 Å². The second-order valence-electron chi connectivity index (χ2n) is 3.97. The van der Waals surface area contributed by atoms with Crippen LogP contribution in [0.4, 0.5) is 13.2 Å². The molecule has 2 nitrogen and oxygen atoms in total. The predicted molar refractivity (Wildman–Crippen MR) is 60.1 cm³/mol. The number of hydrogen-bond donors (Lipinski definition) is 1. The van der Waals surface area contributed by atoms with Gasteiger partial charge in [0.1, 0.15) is 5.75 Å². The van der Waals surface area contributed by atoms with E-state index in [1.54, 1.807) is 12.1 Å². The first-order valence-electron chi connectivity index (χ1n) is 5.35. The molecule has 0 fully saturated rings. The van der Waals surface area contributed by atoms with Gasteiger partial charge in [-0.15, -0.1) is 0 Å². The van der Waals surface area contributed by atoms with E-state index >= 15 is 0 Å². The van der Waals surface area contributed by atoms with Crippen LogP contribution in [0.5, 0.6) is 5.75 Å². The molecule has 0 aliphatic heterocycles. The zero-order valence-electron chi connectivity index (χ0n) is 9.84. The van der Waals surface area contributed by atoms with Gasteiger partial charge in [0.15, 0.2) is 6.10 Å². The quantitative estimate of drug-likeness (QED) is 0.887. The lowest BCUT2D eigenvalue weighted by Gasteiger charge is -2.21. The van der Waals surface area contributed by atoms with Crippen molar-refractivity contribution in [3.05, 3.63) is 29.3 Å². The van der Waals surface area contributed by atoms with Gasteiger partial charge in [-0.2, -0.15) is 13.2 Å². The first-order valence-corrected chi connectivity index (χ1v) is 5.35. The van der Waals surface area contributed by atoms with E-state index in [1.807, 2.05) is 13.8 Å². The first kappa shape index (κ1) is 13.8. The van der Waals surface area contributed by atoms with Crippen LogP contribution in [0.25, 0.3) is 0 Å². The minimum atomic E-state index is -4.39. The van der Waals surface area contributed by atoms with Crippen molar-refractivity contribution in [2.24, 2.45) is 5.73 Å². The van der Waals surface area contributed by atoms with E-state index in [2.05, 4.69) is 0 Å². The van der Waals surface area contributed by atoms with Gasteiger partial charge in [0, 0.05) is 6.42 Å². The van der Waals surface area contributed by atoms with Gasteiger partial charge in [-0.05, 0) is 43.7 Å². The summed E-state index contributed by atoms with van der Waals surface area (Å²) in [5.74, 6) is 0.226. The lowest BCUT2D eigenvalue weighted by Crippen LogP contribution is -2.36. The molecule has 0 aliphatic carbocycles. The molecule has 96 valence electrons. The second kappa shape index (κ2) is 5.40. The molecule has 0 saturated carbocycles. The van der Waals surface area contributed by atoms with Gasteiger partial charge in [-0.3, -0.25) is 0 Å². The third-order valence-electron chi connectivity index (χ3n) is 2.55. The van der Waals surface area contributed by atoms with Crippen LogP contribution in [-0.2, 0) is 0 Å². The summed E-state index contributed by atoms with van der Waals surface area (Å²) in [6.45, 7) is 3.66. The molecule has 0 aliphatic rings. The van der Waals surface area contributed by atoms with Crippen molar-refractivity contribution in [3.63, 3.8) is 0 Å². The molecule has 0 heterocycles. The Bertz CT molecular complexity index is 377. The van der Waals surface area contributed by atoms with Crippen LogP contribution < -0.4 is 10.5 Å². The van der Waals surface area contributed by atoms with E-state index in [0.717, 1.165) is 11.1 Å². The van der Waals surface area contributed by atoms with E-state index in [0.29, 0.717) is 0 Å². The number of benzene rings is 1. The van der Waals surface area contributed by atoms with Crippen molar-refractivity contribution in [2.45, 2.75) is 32.5 Å². The summed E-state index contributed by atoms with van der Waals surface area (Å²) in [4.78, 5) is 0. The number of ether oxygens (including phenoxy) is 1. The largest absolute Gasteiger partial charge is 0.481 e. The second-order valence-corrected chi connectivity index (χ2v) is 3.97. The zero-order chi connectivity index (χ0) is 13.1. The molecule has 1 atom stereocenters. The van der Waals surface area contributed by atoms with Gasteiger partial charge in [0.05, 0.1) is 0 Å². The summed E-state index contributed by atoms with van der Waals surface area (Å²) in [5.41, 5.74) is 7.07. The third-order valence-corrected chi connectivity index (χ3v) is 2.55. The summed E-state index contributed by atoms with van der Waals surface area (Å²) in [7, 11) is 0. The molecule has 0 radical (unpaired) electrons. The smallest absolute Gasteiger partial charge is 0.425 e. The van der Waals surface area contributed by atoms with Crippen LogP contribution in [0, 0.1) is 13.8 Å². The zero-order valence-corrected chi connectivity index (χ0v) is 9.84. The molecule has 1 aromatic carbocycles. The number of nitrogens with two attached hydrogens (primary N) is 1. The van der Waals surface area contributed by atoms with Gasteiger partial charge in [-0.25, -0.2) is 0 Å². The Labute approximate surface area is 98.6 Å². The molecule has 0 spiro atoms. The Morgan fingerprint density at radius 2 is 1.88 bits per heavy atom. The van der Waals surface area contributed by atoms with Gasteiger partial charge in [0.25, 0.3) is 0 Å². The summed E-state index contributed by atoms with van der Waals surface area (Å²) in [6.07, 6.45) is -6.47. The molecule has 17 heavy (non-hydrogen) atoms. The van der Waals surface area contributed by atoms with E-state index in [4.69, 9.17) is 10.5 Å². The highest BCUT2D eigenvalue weighted by molar-refractivity contribution is 5.34. The van der Waals surface area contributed by atoms with Crippen LogP contribution in [0.2, 0.25) is 0 Å². The lowest BCUT2D eigenvalue weighted by molar-refractivity contribution is -0.196. The van der Waals surface area contributed by atoms with E-state index in [-0.39, 0.29) is 18.7 Å². The number of aryl methyl sites for hydroxylation is 2. The molecule has 1 aromatic rings. The van der Waals surface area contributed by atoms with E-state index in [1.165, 1.54) is 6.07 Å². The monoisotopic (exact) mass is 247 g/mol. The van der Waals surface area contributed by atoms with Gasteiger partial charge in [0.2, 0.25) is 0 Å². The van der Waals surface area contributed by atoms with Crippen LogP contribution in [0.15, 0.2) is 18.2 Å². The molecule has 0 bridgehead atoms. The van der Waals surface area contributed by atoms with Crippen molar-refractivity contribution < 1.29 is 17.9 Å². The fourth-order valence-electron chi connectivity index (χ4n) is 1.39. The Balaban J connectivity index is 2.82. The maximum atomic E-state index is 12.6. The topological polar surface area (TPSA) is 35.2 Å². The Kier molecular flexibility index (Phi) is 4.40. The lowest BCUT2D eigenvalue weighted by atomic mass is 10.1. The Morgan fingerprint density at radius 3 is 2.35 bits per heavy atom. The average Bonchev–Trinajstić information content (AvgIpc) is 2.21. The van der Waals surface area contributed by atoms with Gasteiger partial charge < -0.3 is 10.5 Å². The van der Waals surface area contributed by atoms with Crippen molar-refractivity contribution in [2.75, 3.05) is 6.54 Å². The summed E-state index contributed by atoms with van der Waals surface area (Å²) < 4.78 is 42.7. The standard InChI is InChI=1S/C12H16F3NO/c1-8-3-4-10(7-9(8)2)17-11(5-6-16)12(13,14)15/h3-4,7,11H,5-6,16H2,1-2H3. The van der Waals surface area contributed by atoms with Crippen LogP contribution in [-0.4, -0.2) is 18.8 Å². The predicted octanol–water partition coefficient (Wildman–Crippen LogP) is 2.96. The minimum absolute atomic E-state index is 0.0605. The fourth-order valence-corrected chi connectivity index (χ4v) is 1.39. The highest BCUT2D eigenvalue weighted by Crippen LogP contribution is 2.27. The average molecular weight is 247 g/mol. The highest BCUT2D eigenvalue weighted by atomic mass is 19.4. The Hall–Kier alpha value is -1.23. The minimum Gasteiger partial charge on any atom is -0.481 e. The fraction of sp³-hybridized carbons (Fsp3) is 0.500. The number of rotatable bonds is 4. The molecule has 0 aromatic heterocycles. The van der Waals surface area contributed by atoms with Crippen molar-refractivity contribution in [1.29, 1.82) is 0 Å². The molecule has 5 heteroatoms. The van der Waals surface area contributed by atoms with Crippen molar-refractivity contribution in [1.82, 2.24) is 0 Å². The first-order chi connectivity index (χ1) is 7.84. The summed E-state index contributed by atoms with van der Waals surface area (Å²) in [5, 5.41) is 0. The molecule has 0 amide bonds. The number of alkyl halides is 3. The molecular weight excluding hydrogens is 231 g/mol. The van der Waals surface area contributed by atoms with E-state index in [9.17, 15) is 13.2 Å². The van der Waals surface area contributed by atoms with Crippen LogP contribution in [0.3, 0.4) is 0 Å². The maximum absolute atomic E-state index is 12.6. The van der Waals surface area contributed by atoms with Gasteiger partial charge >= 0.3 is 6.18 Å². The molecule has 2 N–H and O–H groups in total.